The van der Waals surface area contributed by atoms with E-state index in [1.165, 1.54) is 18.2 Å². The number of para-hydroxylation sites is 2. The molecule has 0 saturated carbocycles. The lowest BCUT2D eigenvalue weighted by atomic mass is 9.99. The Hall–Kier alpha value is -3.39. The highest BCUT2D eigenvalue weighted by Gasteiger charge is 2.31. The molecule has 138 valence electrons. The largest absolute Gasteiger partial charge is 0.504 e. The van der Waals surface area contributed by atoms with Gasteiger partial charge in [-0.25, -0.2) is 9.07 Å². The summed E-state index contributed by atoms with van der Waals surface area (Å²) in [6, 6.07) is 12.1. The topological polar surface area (TPSA) is 96.6 Å². The van der Waals surface area contributed by atoms with Crippen molar-refractivity contribution in [3.05, 3.63) is 71.8 Å². The van der Waals surface area contributed by atoms with E-state index in [-0.39, 0.29) is 18.0 Å². The van der Waals surface area contributed by atoms with Crippen LogP contribution < -0.4 is 10.1 Å². The van der Waals surface area contributed by atoms with Crippen LogP contribution in [0.15, 0.2) is 54.7 Å². The summed E-state index contributed by atoms with van der Waals surface area (Å²) in [5, 5.41) is 27.1. The maximum absolute atomic E-state index is 13.9. The van der Waals surface area contributed by atoms with Crippen molar-refractivity contribution in [1.82, 2.24) is 15.1 Å². The Morgan fingerprint density at radius 1 is 1.22 bits per heavy atom. The van der Waals surface area contributed by atoms with E-state index in [0.29, 0.717) is 11.3 Å². The van der Waals surface area contributed by atoms with Gasteiger partial charge in [0.15, 0.2) is 11.4 Å². The van der Waals surface area contributed by atoms with E-state index in [2.05, 4.69) is 10.4 Å². The molecule has 7 nitrogen and oxygen atoms in total. The molecule has 0 saturated heterocycles. The van der Waals surface area contributed by atoms with Gasteiger partial charge < -0.3 is 20.3 Å². The van der Waals surface area contributed by atoms with Gasteiger partial charge in [-0.05, 0) is 18.2 Å². The van der Waals surface area contributed by atoms with Crippen LogP contribution in [-0.4, -0.2) is 38.5 Å². The van der Waals surface area contributed by atoms with Gasteiger partial charge in [0.2, 0.25) is 0 Å². The number of hydrogen-bond acceptors (Lipinski definition) is 5. The van der Waals surface area contributed by atoms with E-state index < -0.39 is 29.6 Å². The summed E-state index contributed by atoms with van der Waals surface area (Å²) in [5.41, 5.74) is 0.390. The van der Waals surface area contributed by atoms with Crippen molar-refractivity contribution < 1.29 is 24.1 Å². The van der Waals surface area contributed by atoms with Crippen LogP contribution in [0.2, 0.25) is 0 Å². The maximum atomic E-state index is 13.9. The highest BCUT2D eigenvalue weighted by Crippen LogP contribution is 2.32. The molecular weight excluding hydrogens is 353 g/mol. The molecule has 3 N–H and O–H groups in total. The fraction of sp³-hybridized carbons (Fsp3) is 0.158. The number of aromatic nitrogens is 2. The van der Waals surface area contributed by atoms with Gasteiger partial charge in [0.25, 0.3) is 5.91 Å². The number of fused-ring (bicyclic) bond motifs is 1. The first-order valence-corrected chi connectivity index (χ1v) is 8.29. The highest BCUT2D eigenvalue weighted by atomic mass is 19.1. The number of benzene rings is 2. The third kappa shape index (κ3) is 3.11. The molecule has 8 heteroatoms. The van der Waals surface area contributed by atoms with Gasteiger partial charge in [0, 0.05) is 5.56 Å². The summed E-state index contributed by atoms with van der Waals surface area (Å²) >= 11 is 0. The number of aliphatic hydroxyl groups is 1. The molecule has 1 aliphatic rings. The van der Waals surface area contributed by atoms with Crippen LogP contribution in [0.1, 0.15) is 22.2 Å². The Morgan fingerprint density at radius 2 is 1.96 bits per heavy atom. The molecule has 1 aromatic heterocycles. The number of aromatic hydroxyl groups is 1. The second-order valence-electron chi connectivity index (χ2n) is 6.13. The van der Waals surface area contributed by atoms with Crippen LogP contribution in [0, 0.1) is 5.82 Å². The Balaban J connectivity index is 1.55. The van der Waals surface area contributed by atoms with E-state index in [9.17, 15) is 19.4 Å². The first kappa shape index (κ1) is 17.0. The van der Waals surface area contributed by atoms with E-state index in [4.69, 9.17) is 4.74 Å². The number of halogens is 1. The molecule has 4 rings (SSSR count). The van der Waals surface area contributed by atoms with E-state index in [0.717, 1.165) is 10.9 Å². The zero-order chi connectivity index (χ0) is 19.0. The van der Waals surface area contributed by atoms with Crippen LogP contribution >= 0.6 is 0 Å². The summed E-state index contributed by atoms with van der Waals surface area (Å²) < 4.78 is 20.5. The summed E-state index contributed by atoms with van der Waals surface area (Å²) in [4.78, 5) is 12.5. The number of carbonyl (C=O) groups is 1. The summed E-state index contributed by atoms with van der Waals surface area (Å²) in [6.45, 7) is 0.0682. The first-order chi connectivity index (χ1) is 13.0. The minimum atomic E-state index is -0.963. The molecule has 3 aromatic rings. The number of carbonyl (C=O) groups excluding carboxylic acids is 1. The lowest BCUT2D eigenvalue weighted by molar-refractivity contribution is 0.0612. The third-order valence-electron chi connectivity index (χ3n) is 4.36. The number of hydrogen-bond donors (Lipinski definition) is 3. The van der Waals surface area contributed by atoms with Crippen molar-refractivity contribution in [2.75, 3.05) is 6.61 Å². The van der Waals surface area contributed by atoms with E-state index in [1.807, 2.05) is 0 Å². The molecule has 1 amide bonds. The molecule has 2 aromatic carbocycles. The molecule has 0 radical (unpaired) electrons. The zero-order valence-corrected chi connectivity index (χ0v) is 14.0. The van der Waals surface area contributed by atoms with E-state index in [1.54, 1.807) is 30.3 Å². The Bertz CT molecular complexity index is 1000. The van der Waals surface area contributed by atoms with Crippen LogP contribution in [0.3, 0.4) is 0 Å². The van der Waals surface area contributed by atoms with Gasteiger partial charge in [-0.1, -0.05) is 30.3 Å². The van der Waals surface area contributed by atoms with Crippen LogP contribution in [0.25, 0.3) is 5.69 Å². The number of nitrogens with zero attached hydrogens (tertiary/aromatic N) is 2. The van der Waals surface area contributed by atoms with Gasteiger partial charge in [-0.3, -0.25) is 4.79 Å². The number of aliphatic hydroxyl groups excluding tert-OH is 1. The average molecular weight is 369 g/mol. The predicted molar refractivity (Wildman–Crippen MR) is 93.3 cm³/mol. The quantitative estimate of drug-likeness (QED) is 0.656. The maximum Gasteiger partial charge on any atom is 0.276 e. The number of amides is 1. The molecule has 1 aliphatic heterocycles. The second kappa shape index (κ2) is 6.73. The predicted octanol–water partition coefficient (Wildman–Crippen LogP) is 1.94. The smallest absolute Gasteiger partial charge is 0.276 e. The summed E-state index contributed by atoms with van der Waals surface area (Å²) in [7, 11) is 0. The fourth-order valence-corrected chi connectivity index (χ4v) is 2.99. The minimum Gasteiger partial charge on any atom is -0.504 e. The van der Waals surface area contributed by atoms with Gasteiger partial charge in [-0.15, -0.1) is 0 Å². The Kier molecular flexibility index (Phi) is 4.25. The van der Waals surface area contributed by atoms with Gasteiger partial charge in [-0.2, -0.15) is 5.10 Å². The van der Waals surface area contributed by atoms with Crippen LogP contribution in [0.5, 0.6) is 11.5 Å². The molecule has 0 spiro atoms. The summed E-state index contributed by atoms with van der Waals surface area (Å²) in [6.07, 6.45) is 0.186. The monoisotopic (exact) mass is 369 g/mol. The highest BCUT2D eigenvalue weighted by molar-refractivity contribution is 5.95. The third-order valence-corrected chi connectivity index (χ3v) is 4.36. The first-order valence-electron chi connectivity index (χ1n) is 8.29. The molecule has 0 fully saturated rings. The zero-order valence-electron chi connectivity index (χ0n) is 14.0. The SMILES string of the molecule is O=C(NC1COc2ccccc2C1O)c1nn(-c2ccccc2F)cc1O. The van der Waals surface area contributed by atoms with Crippen molar-refractivity contribution in [2.24, 2.45) is 0 Å². The van der Waals surface area contributed by atoms with Gasteiger partial charge in [0.05, 0.1) is 12.2 Å². The standard InChI is InChI=1S/C19H16FN3O4/c20-12-6-2-3-7-14(12)23-9-15(24)17(22-23)19(26)21-13-10-27-16-8-4-1-5-11(16)18(13)25/h1-9,13,18,24-25H,10H2,(H,21,26). The molecule has 0 bridgehead atoms. The lowest BCUT2D eigenvalue weighted by Crippen LogP contribution is -2.45. The van der Waals surface area contributed by atoms with Gasteiger partial charge >= 0.3 is 0 Å². The number of nitrogens with one attached hydrogen (secondary N) is 1. The number of rotatable bonds is 3. The van der Waals surface area contributed by atoms with Crippen molar-refractivity contribution in [3.63, 3.8) is 0 Å². The van der Waals surface area contributed by atoms with Crippen molar-refractivity contribution in [2.45, 2.75) is 12.1 Å². The minimum absolute atomic E-state index is 0.0682. The molecular formula is C19H16FN3O4. The number of ether oxygens (including phenoxy) is 1. The molecule has 27 heavy (non-hydrogen) atoms. The van der Waals surface area contributed by atoms with Crippen molar-refractivity contribution >= 4 is 5.91 Å². The van der Waals surface area contributed by atoms with Crippen LogP contribution in [0.4, 0.5) is 4.39 Å². The Morgan fingerprint density at radius 3 is 2.78 bits per heavy atom. The van der Waals surface area contributed by atoms with Gasteiger partial charge in [0.1, 0.15) is 30.0 Å². The Labute approximate surface area is 153 Å². The molecule has 2 heterocycles. The van der Waals surface area contributed by atoms with Crippen molar-refractivity contribution in [3.8, 4) is 17.2 Å². The lowest BCUT2D eigenvalue weighted by Gasteiger charge is -2.30. The normalized spacial score (nSPS) is 18.4. The van der Waals surface area contributed by atoms with Crippen LogP contribution in [-0.2, 0) is 0 Å². The molecule has 2 atom stereocenters. The molecule has 2 unspecified atom stereocenters. The summed E-state index contributed by atoms with van der Waals surface area (Å²) in [5.74, 6) is -1.08. The second-order valence-corrected chi connectivity index (χ2v) is 6.13. The molecule has 0 aliphatic carbocycles. The van der Waals surface area contributed by atoms with Crippen molar-refractivity contribution in [1.29, 1.82) is 0 Å². The average Bonchev–Trinajstić information content (AvgIpc) is 3.06. The van der Waals surface area contributed by atoms with E-state index >= 15 is 0 Å². The fourth-order valence-electron chi connectivity index (χ4n) is 2.99.